The van der Waals surface area contributed by atoms with E-state index in [1.54, 1.807) is 5.57 Å². The van der Waals surface area contributed by atoms with Crippen LogP contribution in [-0.2, 0) is 0 Å². The SMILES string of the molecule is CC(C)[C@@H]1CC[C@@H](C)C/C1=C\[C@@H](C)c1ccccc1. The molecule has 0 heterocycles. The van der Waals surface area contributed by atoms with Crippen molar-refractivity contribution in [3.63, 3.8) is 0 Å². The molecule has 0 unspecified atom stereocenters. The number of benzene rings is 1. The molecule has 19 heavy (non-hydrogen) atoms. The normalized spacial score (nSPS) is 27.7. The molecule has 0 spiro atoms. The lowest BCUT2D eigenvalue weighted by Gasteiger charge is -2.33. The maximum absolute atomic E-state index is 2.55. The van der Waals surface area contributed by atoms with Gasteiger partial charge in [0.2, 0.25) is 0 Å². The Morgan fingerprint density at radius 1 is 1.05 bits per heavy atom. The summed E-state index contributed by atoms with van der Waals surface area (Å²) in [6.07, 6.45) is 6.64. The first kappa shape index (κ1) is 14.4. The first-order valence-corrected chi connectivity index (χ1v) is 7.83. The van der Waals surface area contributed by atoms with Crippen molar-refractivity contribution >= 4 is 0 Å². The zero-order valence-electron chi connectivity index (χ0n) is 12.9. The van der Waals surface area contributed by atoms with Crippen molar-refractivity contribution in [3.8, 4) is 0 Å². The largest absolute Gasteiger partial charge is 0.0778 e. The Kier molecular flexibility index (Phi) is 4.85. The van der Waals surface area contributed by atoms with E-state index < -0.39 is 0 Å². The van der Waals surface area contributed by atoms with Gasteiger partial charge in [-0.05, 0) is 48.5 Å². The molecule has 0 heteroatoms. The summed E-state index contributed by atoms with van der Waals surface area (Å²) in [5, 5.41) is 0. The van der Waals surface area contributed by atoms with Crippen LogP contribution < -0.4 is 0 Å². The summed E-state index contributed by atoms with van der Waals surface area (Å²) in [5.74, 6) is 3.00. The molecule has 0 radical (unpaired) electrons. The van der Waals surface area contributed by atoms with Crippen molar-refractivity contribution in [2.45, 2.75) is 52.9 Å². The predicted octanol–water partition coefficient (Wildman–Crippen LogP) is 5.81. The number of hydrogen-bond donors (Lipinski definition) is 0. The van der Waals surface area contributed by atoms with Gasteiger partial charge in [0.15, 0.2) is 0 Å². The fraction of sp³-hybridized carbons (Fsp3) is 0.579. The standard InChI is InChI=1S/C19H28/c1-14(2)19-11-10-15(3)12-18(19)13-16(4)17-8-6-5-7-9-17/h5-9,13-16,19H,10-12H2,1-4H3/b18-13+/t15-,16-,19+/m1/s1. The fourth-order valence-electron chi connectivity index (χ4n) is 3.43. The second kappa shape index (κ2) is 6.41. The summed E-state index contributed by atoms with van der Waals surface area (Å²) in [6, 6.07) is 10.9. The van der Waals surface area contributed by atoms with Crippen LogP contribution >= 0.6 is 0 Å². The predicted molar refractivity (Wildman–Crippen MR) is 84.3 cm³/mol. The van der Waals surface area contributed by atoms with E-state index in [0.29, 0.717) is 5.92 Å². The zero-order chi connectivity index (χ0) is 13.8. The number of hydrogen-bond acceptors (Lipinski definition) is 0. The molecule has 0 bridgehead atoms. The van der Waals surface area contributed by atoms with E-state index in [1.165, 1.54) is 24.8 Å². The monoisotopic (exact) mass is 256 g/mol. The lowest BCUT2D eigenvalue weighted by atomic mass is 9.73. The Morgan fingerprint density at radius 3 is 2.37 bits per heavy atom. The van der Waals surface area contributed by atoms with Gasteiger partial charge in [-0.3, -0.25) is 0 Å². The topological polar surface area (TPSA) is 0 Å². The van der Waals surface area contributed by atoms with Gasteiger partial charge in [0, 0.05) is 0 Å². The Labute approximate surface area is 118 Å². The van der Waals surface area contributed by atoms with Crippen LogP contribution in [0.5, 0.6) is 0 Å². The van der Waals surface area contributed by atoms with E-state index in [4.69, 9.17) is 0 Å². The minimum Gasteiger partial charge on any atom is -0.0778 e. The Bertz CT molecular complexity index is 413. The van der Waals surface area contributed by atoms with Crippen molar-refractivity contribution < 1.29 is 0 Å². The highest BCUT2D eigenvalue weighted by Gasteiger charge is 2.25. The van der Waals surface area contributed by atoms with Crippen molar-refractivity contribution in [2.75, 3.05) is 0 Å². The first-order chi connectivity index (χ1) is 9.08. The van der Waals surface area contributed by atoms with Gasteiger partial charge in [-0.25, -0.2) is 0 Å². The van der Waals surface area contributed by atoms with Crippen LogP contribution in [0.1, 0.15) is 58.4 Å². The van der Waals surface area contributed by atoms with E-state index in [2.05, 4.69) is 64.1 Å². The summed E-state index contributed by atoms with van der Waals surface area (Å²) in [7, 11) is 0. The minimum atomic E-state index is 0.544. The molecule has 0 aliphatic heterocycles. The summed E-state index contributed by atoms with van der Waals surface area (Å²) < 4.78 is 0. The molecule has 1 saturated carbocycles. The summed E-state index contributed by atoms with van der Waals surface area (Å²) in [5.41, 5.74) is 3.15. The van der Waals surface area contributed by atoms with Crippen LogP contribution in [0.4, 0.5) is 0 Å². The molecular weight excluding hydrogens is 228 g/mol. The molecule has 1 aromatic rings. The molecule has 2 rings (SSSR count). The van der Waals surface area contributed by atoms with Gasteiger partial charge < -0.3 is 0 Å². The minimum absolute atomic E-state index is 0.544. The molecule has 1 aliphatic rings. The van der Waals surface area contributed by atoms with Crippen LogP contribution in [0.3, 0.4) is 0 Å². The molecule has 104 valence electrons. The highest BCUT2D eigenvalue weighted by Crippen LogP contribution is 2.38. The molecular formula is C19H28. The highest BCUT2D eigenvalue weighted by molar-refractivity contribution is 5.26. The van der Waals surface area contributed by atoms with Crippen LogP contribution in [-0.4, -0.2) is 0 Å². The van der Waals surface area contributed by atoms with Gasteiger partial charge in [-0.1, -0.05) is 69.7 Å². The van der Waals surface area contributed by atoms with Gasteiger partial charge in [0.1, 0.15) is 0 Å². The molecule has 3 atom stereocenters. The highest BCUT2D eigenvalue weighted by atomic mass is 14.3. The molecule has 0 aromatic heterocycles. The second-order valence-electron chi connectivity index (χ2n) is 6.68. The molecule has 1 aliphatic carbocycles. The molecule has 1 fully saturated rings. The Morgan fingerprint density at radius 2 is 1.74 bits per heavy atom. The third kappa shape index (κ3) is 3.72. The average molecular weight is 256 g/mol. The van der Waals surface area contributed by atoms with Crippen LogP contribution in [0.25, 0.3) is 0 Å². The van der Waals surface area contributed by atoms with Crippen LogP contribution in [0, 0.1) is 17.8 Å². The molecule has 0 amide bonds. The summed E-state index contributed by atoms with van der Waals surface area (Å²) in [6.45, 7) is 9.49. The van der Waals surface area contributed by atoms with Crippen LogP contribution in [0.2, 0.25) is 0 Å². The van der Waals surface area contributed by atoms with Gasteiger partial charge in [-0.2, -0.15) is 0 Å². The van der Waals surface area contributed by atoms with Gasteiger partial charge in [0.25, 0.3) is 0 Å². The third-order valence-electron chi connectivity index (χ3n) is 4.63. The molecule has 1 aromatic carbocycles. The van der Waals surface area contributed by atoms with E-state index >= 15 is 0 Å². The fourth-order valence-corrected chi connectivity index (χ4v) is 3.43. The van der Waals surface area contributed by atoms with E-state index in [9.17, 15) is 0 Å². The van der Waals surface area contributed by atoms with Crippen molar-refractivity contribution in [2.24, 2.45) is 17.8 Å². The molecule has 0 N–H and O–H groups in total. The Balaban J connectivity index is 2.18. The van der Waals surface area contributed by atoms with Gasteiger partial charge in [0.05, 0.1) is 0 Å². The van der Waals surface area contributed by atoms with Crippen molar-refractivity contribution in [3.05, 3.63) is 47.5 Å². The summed E-state index contributed by atoms with van der Waals surface area (Å²) in [4.78, 5) is 0. The summed E-state index contributed by atoms with van der Waals surface area (Å²) >= 11 is 0. The molecule has 0 nitrogen and oxygen atoms in total. The third-order valence-corrected chi connectivity index (χ3v) is 4.63. The first-order valence-electron chi connectivity index (χ1n) is 7.83. The molecule has 0 saturated heterocycles. The maximum Gasteiger partial charge on any atom is -0.000765 e. The van der Waals surface area contributed by atoms with E-state index in [-0.39, 0.29) is 0 Å². The van der Waals surface area contributed by atoms with Gasteiger partial charge >= 0.3 is 0 Å². The quantitative estimate of drug-likeness (QED) is 0.599. The van der Waals surface area contributed by atoms with E-state index in [0.717, 1.165) is 17.8 Å². The van der Waals surface area contributed by atoms with Crippen LogP contribution in [0.15, 0.2) is 42.0 Å². The lowest BCUT2D eigenvalue weighted by molar-refractivity contribution is 0.306. The van der Waals surface area contributed by atoms with Crippen molar-refractivity contribution in [1.29, 1.82) is 0 Å². The lowest BCUT2D eigenvalue weighted by Crippen LogP contribution is -2.20. The second-order valence-corrected chi connectivity index (χ2v) is 6.68. The number of allylic oxidation sites excluding steroid dienone is 2. The van der Waals surface area contributed by atoms with E-state index in [1.807, 2.05) is 0 Å². The average Bonchev–Trinajstić information content (AvgIpc) is 2.39. The zero-order valence-corrected chi connectivity index (χ0v) is 12.9. The number of rotatable bonds is 3. The Hall–Kier alpha value is -1.04. The smallest absolute Gasteiger partial charge is 0.000765 e. The van der Waals surface area contributed by atoms with Gasteiger partial charge in [-0.15, -0.1) is 0 Å². The maximum atomic E-state index is 2.55. The van der Waals surface area contributed by atoms with Crippen molar-refractivity contribution in [1.82, 2.24) is 0 Å².